The molecule has 3 aromatic rings. The average molecular weight is 471 g/mol. The number of rotatable bonds is 9. The van der Waals surface area contributed by atoms with Crippen LogP contribution < -0.4 is 10.6 Å². The van der Waals surface area contributed by atoms with Gasteiger partial charge in [0.15, 0.2) is 0 Å². The molecule has 1 heterocycles. The van der Waals surface area contributed by atoms with Gasteiger partial charge < -0.3 is 10.1 Å². The fourth-order valence-electron chi connectivity index (χ4n) is 4.76. The van der Waals surface area contributed by atoms with E-state index in [1.165, 1.54) is 11.1 Å². The lowest BCUT2D eigenvalue weighted by atomic mass is 9.86. The van der Waals surface area contributed by atoms with Gasteiger partial charge in [-0.15, -0.1) is 0 Å². The minimum absolute atomic E-state index is 0.0185. The summed E-state index contributed by atoms with van der Waals surface area (Å²) >= 11 is 0. The summed E-state index contributed by atoms with van der Waals surface area (Å²) in [5.74, 6) is -0.442. The van der Waals surface area contributed by atoms with Gasteiger partial charge in [0.05, 0.1) is 12.6 Å². The summed E-state index contributed by atoms with van der Waals surface area (Å²) in [4.78, 5) is 26.4. The Morgan fingerprint density at radius 3 is 2.46 bits per heavy atom. The van der Waals surface area contributed by atoms with Crippen molar-refractivity contribution in [3.05, 3.63) is 101 Å². The summed E-state index contributed by atoms with van der Waals surface area (Å²) in [6.07, 6.45) is 2.73. The Labute approximate surface area is 207 Å². The first-order valence-electron chi connectivity index (χ1n) is 12.4. The van der Waals surface area contributed by atoms with Gasteiger partial charge in [-0.05, 0) is 68.2 Å². The van der Waals surface area contributed by atoms with Crippen molar-refractivity contribution in [1.82, 2.24) is 5.32 Å². The number of esters is 1. The maximum atomic E-state index is 13.5. The summed E-state index contributed by atoms with van der Waals surface area (Å²) in [6.45, 7) is 4.18. The van der Waals surface area contributed by atoms with Crippen molar-refractivity contribution in [3.8, 4) is 0 Å². The van der Waals surface area contributed by atoms with Gasteiger partial charge in [-0.1, -0.05) is 78.4 Å². The number of fused-ring (bicyclic) bond motifs is 1. The van der Waals surface area contributed by atoms with Crippen LogP contribution in [0.4, 0.5) is 5.69 Å². The fraction of sp³-hybridized carbons (Fsp3) is 0.333. The van der Waals surface area contributed by atoms with E-state index in [4.69, 9.17) is 4.74 Å². The van der Waals surface area contributed by atoms with Crippen LogP contribution in [-0.4, -0.2) is 30.6 Å². The van der Waals surface area contributed by atoms with Crippen LogP contribution in [0.5, 0.6) is 0 Å². The summed E-state index contributed by atoms with van der Waals surface area (Å²) in [5, 5.41) is 6.52. The number of benzene rings is 3. The third-order valence-electron chi connectivity index (χ3n) is 6.65. The Kier molecular flexibility index (Phi) is 8.32. The second-order valence-electron chi connectivity index (χ2n) is 9.27. The number of anilines is 1. The summed E-state index contributed by atoms with van der Waals surface area (Å²) in [5.41, 5.74) is 5.48. The van der Waals surface area contributed by atoms with Gasteiger partial charge in [0.1, 0.15) is 6.04 Å². The first-order chi connectivity index (χ1) is 17.0. The summed E-state index contributed by atoms with van der Waals surface area (Å²) < 4.78 is 5.40. The lowest BCUT2D eigenvalue weighted by Gasteiger charge is -2.29. The Morgan fingerprint density at radius 2 is 1.71 bits per heavy atom. The third-order valence-corrected chi connectivity index (χ3v) is 6.65. The zero-order valence-electron chi connectivity index (χ0n) is 20.5. The predicted molar refractivity (Wildman–Crippen MR) is 139 cm³/mol. The highest BCUT2D eigenvalue weighted by atomic mass is 16.5. The average Bonchev–Trinajstić information content (AvgIpc) is 2.99. The minimum atomic E-state index is -0.576. The van der Waals surface area contributed by atoms with E-state index in [2.05, 4.69) is 60.0 Å². The van der Waals surface area contributed by atoms with E-state index in [-0.39, 0.29) is 17.8 Å². The molecule has 0 bridgehead atoms. The molecule has 0 aliphatic carbocycles. The number of aryl methyl sites for hydroxylation is 2. The number of para-hydroxylation sites is 1. The highest BCUT2D eigenvalue weighted by Crippen LogP contribution is 2.28. The van der Waals surface area contributed by atoms with E-state index in [0.29, 0.717) is 19.4 Å². The van der Waals surface area contributed by atoms with Crippen LogP contribution in [-0.2, 0) is 33.6 Å². The molecule has 3 atom stereocenters. The SMILES string of the molecule is CCOC(=O)[C@H](CCc1ccccc1)N[C@H]1C(=O)Nc2ccccc2CC1Cc1ccc(C)cc1. The van der Waals surface area contributed by atoms with Crippen LogP contribution >= 0.6 is 0 Å². The Bertz CT molecular complexity index is 1130. The second-order valence-corrected chi connectivity index (χ2v) is 9.27. The summed E-state index contributed by atoms with van der Waals surface area (Å²) in [6, 6.07) is 25.4. The van der Waals surface area contributed by atoms with Gasteiger partial charge in [-0.3, -0.25) is 14.9 Å². The van der Waals surface area contributed by atoms with Crippen molar-refractivity contribution >= 4 is 17.6 Å². The number of amides is 1. The lowest BCUT2D eigenvalue weighted by molar-refractivity contribution is -0.146. The van der Waals surface area contributed by atoms with Gasteiger partial charge in [-0.25, -0.2) is 0 Å². The van der Waals surface area contributed by atoms with Crippen LogP contribution in [0.2, 0.25) is 0 Å². The number of hydrogen-bond donors (Lipinski definition) is 2. The standard InChI is InChI=1S/C30H34N2O3/c1-3-35-30(34)27(18-17-22-9-5-4-6-10-22)31-28-25(19-23-15-13-21(2)14-16-23)20-24-11-7-8-12-26(24)32-29(28)33/h4-16,25,27-28,31H,3,17-20H2,1-2H3,(H,32,33)/t25?,27-,28+/m0/s1. The zero-order chi connectivity index (χ0) is 24.6. The van der Waals surface area contributed by atoms with E-state index < -0.39 is 12.1 Å². The number of carbonyl (C=O) groups excluding carboxylic acids is 2. The minimum Gasteiger partial charge on any atom is -0.465 e. The molecular weight excluding hydrogens is 436 g/mol. The number of carbonyl (C=O) groups is 2. The van der Waals surface area contributed by atoms with Crippen LogP contribution in [0.1, 0.15) is 35.6 Å². The van der Waals surface area contributed by atoms with E-state index in [1.54, 1.807) is 6.92 Å². The molecule has 1 amide bonds. The quantitative estimate of drug-likeness (QED) is 0.438. The Balaban J connectivity index is 1.60. The topological polar surface area (TPSA) is 67.4 Å². The van der Waals surface area contributed by atoms with Crippen molar-refractivity contribution in [2.24, 2.45) is 5.92 Å². The van der Waals surface area contributed by atoms with Crippen molar-refractivity contribution in [2.45, 2.75) is 51.6 Å². The van der Waals surface area contributed by atoms with E-state index in [9.17, 15) is 9.59 Å². The van der Waals surface area contributed by atoms with Gasteiger partial charge >= 0.3 is 5.97 Å². The number of nitrogens with one attached hydrogen (secondary N) is 2. The van der Waals surface area contributed by atoms with Crippen LogP contribution in [0, 0.1) is 12.8 Å². The van der Waals surface area contributed by atoms with Crippen LogP contribution in [0.15, 0.2) is 78.9 Å². The van der Waals surface area contributed by atoms with E-state index >= 15 is 0 Å². The Morgan fingerprint density at radius 1 is 1.00 bits per heavy atom. The number of ether oxygens (including phenoxy) is 1. The predicted octanol–water partition coefficient (Wildman–Crippen LogP) is 4.87. The molecule has 5 nitrogen and oxygen atoms in total. The molecule has 4 rings (SSSR count). The Hall–Kier alpha value is -3.44. The lowest BCUT2D eigenvalue weighted by Crippen LogP contribution is -2.53. The first-order valence-corrected chi connectivity index (χ1v) is 12.4. The molecule has 182 valence electrons. The van der Waals surface area contributed by atoms with Gasteiger partial charge in [-0.2, -0.15) is 0 Å². The normalized spacial score (nSPS) is 18.2. The maximum absolute atomic E-state index is 13.5. The molecule has 5 heteroatoms. The van der Waals surface area contributed by atoms with E-state index in [0.717, 1.165) is 29.7 Å². The zero-order valence-corrected chi connectivity index (χ0v) is 20.5. The molecule has 35 heavy (non-hydrogen) atoms. The molecule has 3 aromatic carbocycles. The first kappa shape index (κ1) is 24.7. The van der Waals surface area contributed by atoms with Crippen molar-refractivity contribution < 1.29 is 14.3 Å². The maximum Gasteiger partial charge on any atom is 0.323 e. The molecule has 0 spiro atoms. The molecule has 0 aromatic heterocycles. The molecular formula is C30H34N2O3. The molecule has 0 radical (unpaired) electrons. The molecule has 1 aliphatic rings. The third kappa shape index (κ3) is 6.58. The monoisotopic (exact) mass is 470 g/mol. The smallest absolute Gasteiger partial charge is 0.323 e. The van der Waals surface area contributed by atoms with Gasteiger partial charge in [0.25, 0.3) is 0 Å². The van der Waals surface area contributed by atoms with Gasteiger partial charge in [0.2, 0.25) is 5.91 Å². The van der Waals surface area contributed by atoms with Crippen LogP contribution in [0.25, 0.3) is 0 Å². The highest BCUT2D eigenvalue weighted by Gasteiger charge is 2.36. The van der Waals surface area contributed by atoms with Crippen molar-refractivity contribution in [3.63, 3.8) is 0 Å². The second kappa shape index (κ2) is 11.8. The molecule has 0 saturated heterocycles. The number of hydrogen-bond acceptors (Lipinski definition) is 4. The summed E-state index contributed by atoms with van der Waals surface area (Å²) in [7, 11) is 0. The molecule has 1 unspecified atom stereocenters. The molecule has 0 fully saturated rings. The largest absolute Gasteiger partial charge is 0.465 e. The molecule has 2 N–H and O–H groups in total. The van der Waals surface area contributed by atoms with Gasteiger partial charge in [0, 0.05) is 5.69 Å². The van der Waals surface area contributed by atoms with Crippen LogP contribution in [0.3, 0.4) is 0 Å². The van der Waals surface area contributed by atoms with Crippen molar-refractivity contribution in [1.29, 1.82) is 0 Å². The highest BCUT2D eigenvalue weighted by molar-refractivity contribution is 5.97. The van der Waals surface area contributed by atoms with E-state index in [1.807, 2.05) is 36.4 Å². The fourth-order valence-corrected chi connectivity index (χ4v) is 4.76. The molecule has 1 aliphatic heterocycles. The molecule has 0 saturated carbocycles. The van der Waals surface area contributed by atoms with Crippen molar-refractivity contribution in [2.75, 3.05) is 11.9 Å².